The number of hydrogen-bond acceptors (Lipinski definition) is 4. The van der Waals surface area contributed by atoms with E-state index < -0.39 is 0 Å². The van der Waals surface area contributed by atoms with Crippen LogP contribution < -0.4 is 0 Å². The Balaban J connectivity index is 1.39. The largest absolute Gasteiger partial charge is 0.375 e. The number of rotatable bonds is 4. The number of nitrogens with zero attached hydrogens (tertiary/aromatic N) is 3. The summed E-state index contributed by atoms with van der Waals surface area (Å²) in [5.41, 5.74) is 2.99. The van der Waals surface area contributed by atoms with Gasteiger partial charge in [0, 0.05) is 26.2 Å². The topological polar surface area (TPSA) is 61.5 Å². The van der Waals surface area contributed by atoms with Crippen molar-refractivity contribution in [1.82, 2.24) is 19.8 Å². The molecule has 140 valence electrons. The van der Waals surface area contributed by atoms with Crippen LogP contribution in [0.4, 0.5) is 0 Å². The van der Waals surface area contributed by atoms with Crippen molar-refractivity contribution in [2.75, 3.05) is 39.3 Å². The maximum absolute atomic E-state index is 12.9. The molecule has 6 heteroatoms. The smallest absolute Gasteiger partial charge is 0.227 e. The van der Waals surface area contributed by atoms with Crippen LogP contribution in [0.1, 0.15) is 30.7 Å². The second-order valence-electron chi connectivity index (χ2n) is 7.54. The molecule has 0 aliphatic carbocycles. The number of carbonyl (C=O) groups excluding carboxylic acids is 1. The molecule has 1 aromatic heterocycles. The Hall–Kier alpha value is -1.92. The molecule has 26 heavy (non-hydrogen) atoms. The van der Waals surface area contributed by atoms with E-state index in [9.17, 15) is 4.79 Å². The van der Waals surface area contributed by atoms with E-state index in [1.54, 1.807) is 0 Å². The molecule has 1 amide bonds. The monoisotopic (exact) mass is 356 g/mol. The van der Waals surface area contributed by atoms with Gasteiger partial charge in [0.15, 0.2) is 0 Å². The average molecular weight is 356 g/mol. The Bertz CT molecular complexity index is 766. The van der Waals surface area contributed by atoms with Gasteiger partial charge in [0.25, 0.3) is 0 Å². The van der Waals surface area contributed by atoms with Crippen LogP contribution in [0, 0.1) is 6.92 Å². The summed E-state index contributed by atoms with van der Waals surface area (Å²) in [4.78, 5) is 25.0. The fourth-order valence-electron chi connectivity index (χ4n) is 4.07. The average Bonchev–Trinajstić information content (AvgIpc) is 3.18. The molecule has 2 saturated heterocycles. The van der Waals surface area contributed by atoms with Gasteiger partial charge in [-0.3, -0.25) is 4.79 Å². The number of aromatic nitrogens is 2. The molecule has 3 heterocycles. The summed E-state index contributed by atoms with van der Waals surface area (Å²) in [5, 5.41) is 0. The highest BCUT2D eigenvalue weighted by atomic mass is 16.5. The molecular weight excluding hydrogens is 328 g/mol. The number of likely N-dealkylation sites (tertiary alicyclic amines) is 1. The van der Waals surface area contributed by atoms with Crippen molar-refractivity contribution in [3.8, 4) is 0 Å². The van der Waals surface area contributed by atoms with Gasteiger partial charge in [-0.1, -0.05) is 6.07 Å². The van der Waals surface area contributed by atoms with Crippen LogP contribution in [0.2, 0.25) is 0 Å². The molecule has 2 fully saturated rings. The van der Waals surface area contributed by atoms with E-state index in [1.165, 1.54) is 12.8 Å². The van der Waals surface area contributed by atoms with Crippen LogP contribution in [-0.2, 0) is 16.0 Å². The quantitative estimate of drug-likeness (QED) is 0.912. The summed E-state index contributed by atoms with van der Waals surface area (Å²) in [5.74, 6) is 1.09. The van der Waals surface area contributed by atoms with Crippen molar-refractivity contribution in [2.24, 2.45) is 0 Å². The third kappa shape index (κ3) is 4.07. The first-order chi connectivity index (χ1) is 12.7. The highest BCUT2D eigenvalue weighted by Gasteiger charge is 2.25. The number of ether oxygens (including phenoxy) is 1. The molecule has 0 saturated carbocycles. The zero-order chi connectivity index (χ0) is 17.9. The Morgan fingerprint density at radius 1 is 1.27 bits per heavy atom. The van der Waals surface area contributed by atoms with Gasteiger partial charge in [0.1, 0.15) is 5.82 Å². The third-order valence-corrected chi connectivity index (χ3v) is 5.38. The summed E-state index contributed by atoms with van der Waals surface area (Å²) in [7, 11) is 0. The van der Waals surface area contributed by atoms with Gasteiger partial charge in [0.05, 0.1) is 23.6 Å². The molecule has 1 N–H and O–H groups in total. The van der Waals surface area contributed by atoms with Crippen molar-refractivity contribution < 1.29 is 9.53 Å². The first-order valence-corrected chi connectivity index (χ1v) is 9.74. The van der Waals surface area contributed by atoms with Gasteiger partial charge >= 0.3 is 0 Å². The Morgan fingerprint density at radius 2 is 2.12 bits per heavy atom. The molecule has 0 bridgehead atoms. The maximum atomic E-state index is 12.9. The second-order valence-corrected chi connectivity index (χ2v) is 7.54. The highest BCUT2D eigenvalue weighted by Crippen LogP contribution is 2.16. The molecule has 0 spiro atoms. The van der Waals surface area contributed by atoms with E-state index in [0.29, 0.717) is 13.0 Å². The minimum atomic E-state index is 0.136. The number of benzene rings is 1. The Morgan fingerprint density at radius 3 is 2.96 bits per heavy atom. The number of nitrogens with one attached hydrogen (secondary N) is 1. The fraction of sp³-hybridized carbons (Fsp3) is 0.600. The van der Waals surface area contributed by atoms with Crippen LogP contribution in [0.3, 0.4) is 0 Å². The van der Waals surface area contributed by atoms with Crippen molar-refractivity contribution in [1.29, 1.82) is 0 Å². The van der Waals surface area contributed by atoms with Crippen LogP contribution in [0.25, 0.3) is 11.0 Å². The second kappa shape index (κ2) is 7.76. The van der Waals surface area contributed by atoms with Gasteiger partial charge in [-0.25, -0.2) is 4.98 Å². The normalized spacial score (nSPS) is 22.0. The van der Waals surface area contributed by atoms with E-state index in [4.69, 9.17) is 4.74 Å². The number of aryl methyl sites for hydroxylation is 1. The molecule has 4 rings (SSSR count). The van der Waals surface area contributed by atoms with E-state index in [1.807, 2.05) is 30.0 Å². The zero-order valence-corrected chi connectivity index (χ0v) is 15.5. The number of hydrogen-bond donors (Lipinski definition) is 1. The lowest BCUT2D eigenvalue weighted by Gasteiger charge is -2.27. The van der Waals surface area contributed by atoms with E-state index in [-0.39, 0.29) is 12.0 Å². The minimum Gasteiger partial charge on any atom is -0.375 e. The molecule has 0 radical (unpaired) electrons. The molecular formula is C20H28N4O2. The summed E-state index contributed by atoms with van der Waals surface area (Å²) in [6, 6.07) is 6.04. The first-order valence-electron chi connectivity index (χ1n) is 9.74. The Kier molecular flexibility index (Phi) is 5.22. The number of imidazole rings is 1. The van der Waals surface area contributed by atoms with Gasteiger partial charge in [0.2, 0.25) is 5.91 Å². The number of amides is 1. The Labute approximate surface area is 154 Å². The number of H-pyrrole nitrogens is 1. The van der Waals surface area contributed by atoms with Gasteiger partial charge < -0.3 is 19.5 Å². The molecule has 1 atom stereocenters. The summed E-state index contributed by atoms with van der Waals surface area (Å²) < 4.78 is 6.01. The lowest BCUT2D eigenvalue weighted by atomic mass is 10.1. The minimum absolute atomic E-state index is 0.136. The molecule has 1 aromatic carbocycles. The standard InChI is InChI=1S/C20H28N4O2/c1-15-21-18-6-5-16(11-19(18)22-15)12-20(25)24-9-4-10-26-17(14-24)13-23-7-2-3-8-23/h5-6,11,17H,2-4,7-10,12-14H2,1H3,(H,21,22)/t17-/m0/s1. The zero-order valence-electron chi connectivity index (χ0n) is 15.5. The number of carbonyl (C=O) groups is 1. The number of aromatic amines is 1. The third-order valence-electron chi connectivity index (χ3n) is 5.38. The molecule has 2 aliphatic heterocycles. The highest BCUT2D eigenvalue weighted by molar-refractivity contribution is 5.82. The van der Waals surface area contributed by atoms with Crippen molar-refractivity contribution >= 4 is 16.9 Å². The van der Waals surface area contributed by atoms with Gasteiger partial charge in [-0.15, -0.1) is 0 Å². The maximum Gasteiger partial charge on any atom is 0.227 e. The SMILES string of the molecule is Cc1nc2ccc(CC(=O)N3CCCO[C@@H](CN4CCCC4)C3)cc2[nH]1. The van der Waals surface area contributed by atoms with Crippen LogP contribution in [0.5, 0.6) is 0 Å². The van der Waals surface area contributed by atoms with Crippen LogP contribution in [-0.4, -0.2) is 71.1 Å². The van der Waals surface area contributed by atoms with E-state index >= 15 is 0 Å². The van der Waals surface area contributed by atoms with Gasteiger partial charge in [-0.05, 0) is 57.0 Å². The predicted molar refractivity (Wildman–Crippen MR) is 101 cm³/mol. The predicted octanol–water partition coefficient (Wildman–Crippen LogP) is 2.13. The molecule has 0 unspecified atom stereocenters. The first kappa shape index (κ1) is 17.5. The molecule has 6 nitrogen and oxygen atoms in total. The van der Waals surface area contributed by atoms with Crippen molar-refractivity contribution in [2.45, 2.75) is 38.7 Å². The summed E-state index contributed by atoms with van der Waals surface area (Å²) in [6.45, 7) is 7.48. The number of fused-ring (bicyclic) bond motifs is 1. The van der Waals surface area contributed by atoms with Crippen molar-refractivity contribution in [3.63, 3.8) is 0 Å². The molecule has 2 aliphatic rings. The summed E-state index contributed by atoms with van der Waals surface area (Å²) in [6.07, 6.45) is 4.05. The lowest BCUT2D eigenvalue weighted by Crippen LogP contribution is -2.42. The van der Waals surface area contributed by atoms with Crippen LogP contribution in [0.15, 0.2) is 18.2 Å². The lowest BCUT2D eigenvalue weighted by molar-refractivity contribution is -0.131. The van der Waals surface area contributed by atoms with Crippen LogP contribution >= 0.6 is 0 Å². The van der Waals surface area contributed by atoms with Crippen molar-refractivity contribution in [3.05, 3.63) is 29.6 Å². The summed E-state index contributed by atoms with van der Waals surface area (Å²) >= 11 is 0. The van der Waals surface area contributed by atoms with Gasteiger partial charge in [-0.2, -0.15) is 0 Å². The molecule has 2 aromatic rings. The van der Waals surface area contributed by atoms with E-state index in [0.717, 1.165) is 61.6 Å². The van der Waals surface area contributed by atoms with E-state index in [2.05, 4.69) is 14.9 Å². The fourth-order valence-corrected chi connectivity index (χ4v) is 4.07.